The molecule has 1 saturated heterocycles. The van der Waals surface area contributed by atoms with Gasteiger partial charge in [0.1, 0.15) is 5.54 Å². The standard InChI is InChI=1S/C20H29N3O5/c1-27-18(25)9-13-22-14-10-20(11-15-22,19(26)28-2)23(17(24)8-12-21)16-6-4-3-5-7-16/h3-7H,8-15,21H2,1-2H3. The highest BCUT2D eigenvalue weighted by molar-refractivity contribution is 6.02. The van der Waals surface area contributed by atoms with Crippen LogP contribution in [0.4, 0.5) is 5.69 Å². The third-order valence-corrected chi connectivity index (χ3v) is 5.16. The summed E-state index contributed by atoms with van der Waals surface area (Å²) in [5, 5.41) is 0. The Morgan fingerprint density at radius 2 is 1.71 bits per heavy atom. The molecular formula is C20H29N3O5. The van der Waals surface area contributed by atoms with E-state index in [1.54, 1.807) is 4.90 Å². The number of benzene rings is 1. The first kappa shape index (κ1) is 21.8. The van der Waals surface area contributed by atoms with Gasteiger partial charge in [0, 0.05) is 38.3 Å². The fourth-order valence-electron chi connectivity index (χ4n) is 3.65. The number of carbonyl (C=O) groups excluding carboxylic acids is 3. The van der Waals surface area contributed by atoms with Crippen LogP contribution in [0.2, 0.25) is 0 Å². The van der Waals surface area contributed by atoms with Crippen molar-refractivity contribution >= 4 is 23.5 Å². The number of ether oxygens (including phenoxy) is 2. The molecule has 0 bridgehead atoms. The minimum absolute atomic E-state index is 0.139. The highest BCUT2D eigenvalue weighted by Crippen LogP contribution is 2.35. The molecule has 0 radical (unpaired) electrons. The molecule has 8 heteroatoms. The van der Waals surface area contributed by atoms with Crippen molar-refractivity contribution in [3.05, 3.63) is 30.3 Å². The lowest BCUT2D eigenvalue weighted by atomic mass is 9.84. The van der Waals surface area contributed by atoms with Crippen molar-refractivity contribution in [3.8, 4) is 0 Å². The van der Waals surface area contributed by atoms with Crippen LogP contribution in [0.5, 0.6) is 0 Å². The van der Waals surface area contributed by atoms with Gasteiger partial charge in [0.25, 0.3) is 0 Å². The molecule has 0 unspecified atom stereocenters. The summed E-state index contributed by atoms with van der Waals surface area (Å²) in [5.74, 6) is -0.912. The molecule has 0 spiro atoms. The second-order valence-corrected chi connectivity index (χ2v) is 6.79. The average Bonchev–Trinajstić information content (AvgIpc) is 2.73. The number of likely N-dealkylation sites (tertiary alicyclic amines) is 1. The number of para-hydroxylation sites is 1. The predicted octanol–water partition coefficient (Wildman–Crippen LogP) is 0.939. The topological polar surface area (TPSA) is 102 Å². The largest absolute Gasteiger partial charge is 0.469 e. The Morgan fingerprint density at radius 1 is 1.07 bits per heavy atom. The Morgan fingerprint density at radius 3 is 2.25 bits per heavy atom. The van der Waals surface area contributed by atoms with E-state index in [1.165, 1.54) is 14.2 Å². The zero-order valence-electron chi connectivity index (χ0n) is 16.6. The molecule has 1 aromatic carbocycles. The first-order chi connectivity index (χ1) is 13.5. The summed E-state index contributed by atoms with van der Waals surface area (Å²) in [7, 11) is 2.70. The van der Waals surface area contributed by atoms with E-state index >= 15 is 0 Å². The number of nitrogens with two attached hydrogens (primary N) is 1. The maximum Gasteiger partial charge on any atom is 0.332 e. The third-order valence-electron chi connectivity index (χ3n) is 5.16. The van der Waals surface area contributed by atoms with E-state index in [2.05, 4.69) is 9.64 Å². The number of esters is 2. The monoisotopic (exact) mass is 391 g/mol. The summed E-state index contributed by atoms with van der Waals surface area (Å²) in [6.07, 6.45) is 1.24. The molecule has 28 heavy (non-hydrogen) atoms. The van der Waals surface area contributed by atoms with Crippen LogP contribution in [-0.2, 0) is 23.9 Å². The van der Waals surface area contributed by atoms with Crippen molar-refractivity contribution in [1.29, 1.82) is 0 Å². The van der Waals surface area contributed by atoms with E-state index in [0.29, 0.717) is 38.2 Å². The molecule has 1 fully saturated rings. The Hall–Kier alpha value is -2.45. The van der Waals surface area contributed by atoms with Gasteiger partial charge in [0.05, 0.1) is 20.6 Å². The van der Waals surface area contributed by atoms with Crippen LogP contribution in [0, 0.1) is 0 Å². The predicted molar refractivity (Wildman–Crippen MR) is 105 cm³/mol. The number of amides is 1. The van der Waals surface area contributed by atoms with Gasteiger partial charge >= 0.3 is 11.9 Å². The van der Waals surface area contributed by atoms with Gasteiger partial charge in [-0.2, -0.15) is 0 Å². The molecule has 0 saturated carbocycles. The second kappa shape index (κ2) is 10.2. The normalized spacial score (nSPS) is 16.2. The van der Waals surface area contributed by atoms with Gasteiger partial charge in [0.2, 0.25) is 5.91 Å². The summed E-state index contributed by atoms with van der Waals surface area (Å²) in [6.45, 7) is 1.87. The van der Waals surface area contributed by atoms with Crippen molar-refractivity contribution in [2.45, 2.75) is 31.2 Å². The first-order valence-corrected chi connectivity index (χ1v) is 9.44. The van der Waals surface area contributed by atoms with Crippen molar-refractivity contribution in [1.82, 2.24) is 4.90 Å². The van der Waals surface area contributed by atoms with E-state index in [-0.39, 0.29) is 31.3 Å². The SMILES string of the molecule is COC(=O)CCN1CCC(C(=O)OC)(N(C(=O)CCN)c2ccccc2)CC1. The summed E-state index contributed by atoms with van der Waals surface area (Å²) >= 11 is 0. The molecule has 154 valence electrons. The van der Waals surface area contributed by atoms with Gasteiger partial charge in [-0.25, -0.2) is 4.79 Å². The minimum Gasteiger partial charge on any atom is -0.469 e. The van der Waals surface area contributed by atoms with Gasteiger partial charge in [-0.15, -0.1) is 0 Å². The van der Waals surface area contributed by atoms with Crippen LogP contribution >= 0.6 is 0 Å². The third kappa shape index (κ3) is 4.88. The number of anilines is 1. The highest BCUT2D eigenvalue weighted by Gasteiger charge is 2.49. The molecule has 0 aliphatic carbocycles. The lowest BCUT2D eigenvalue weighted by Crippen LogP contribution is -2.63. The zero-order chi connectivity index (χ0) is 20.6. The van der Waals surface area contributed by atoms with Gasteiger partial charge in [-0.05, 0) is 25.0 Å². The van der Waals surface area contributed by atoms with Gasteiger partial charge < -0.3 is 20.1 Å². The van der Waals surface area contributed by atoms with E-state index < -0.39 is 11.5 Å². The summed E-state index contributed by atoms with van der Waals surface area (Å²) in [4.78, 5) is 40.9. The Labute approximate surface area is 165 Å². The van der Waals surface area contributed by atoms with Gasteiger partial charge in [-0.1, -0.05) is 18.2 Å². The van der Waals surface area contributed by atoms with Crippen LogP contribution in [-0.4, -0.2) is 68.7 Å². The number of methoxy groups -OCH3 is 2. The summed E-state index contributed by atoms with van der Waals surface area (Å²) in [5.41, 5.74) is 5.17. The van der Waals surface area contributed by atoms with Crippen molar-refractivity contribution in [3.63, 3.8) is 0 Å². The number of piperidine rings is 1. The maximum absolute atomic E-state index is 13.0. The zero-order valence-corrected chi connectivity index (χ0v) is 16.6. The lowest BCUT2D eigenvalue weighted by molar-refractivity contribution is -0.151. The number of hydrogen-bond acceptors (Lipinski definition) is 7. The molecule has 0 aromatic heterocycles. The Bertz CT molecular complexity index is 672. The maximum atomic E-state index is 13.0. The average molecular weight is 391 g/mol. The van der Waals surface area contributed by atoms with E-state index in [1.807, 2.05) is 30.3 Å². The minimum atomic E-state index is -1.09. The van der Waals surface area contributed by atoms with Crippen LogP contribution in [0.1, 0.15) is 25.7 Å². The first-order valence-electron chi connectivity index (χ1n) is 9.44. The molecule has 1 aromatic rings. The van der Waals surface area contributed by atoms with Gasteiger partial charge in [0.15, 0.2) is 0 Å². The van der Waals surface area contributed by atoms with E-state index in [0.717, 1.165) is 0 Å². The lowest BCUT2D eigenvalue weighted by Gasteiger charge is -2.46. The van der Waals surface area contributed by atoms with E-state index in [9.17, 15) is 14.4 Å². The van der Waals surface area contributed by atoms with Crippen molar-refractivity contribution < 1.29 is 23.9 Å². The fraction of sp³-hybridized carbons (Fsp3) is 0.550. The summed E-state index contributed by atoms with van der Waals surface area (Å²) < 4.78 is 9.81. The van der Waals surface area contributed by atoms with Crippen molar-refractivity contribution in [2.75, 3.05) is 45.3 Å². The van der Waals surface area contributed by atoms with Crippen LogP contribution in [0.3, 0.4) is 0 Å². The number of hydrogen-bond donors (Lipinski definition) is 1. The highest BCUT2D eigenvalue weighted by atomic mass is 16.5. The molecule has 2 N–H and O–H groups in total. The molecule has 1 amide bonds. The Kier molecular flexibility index (Phi) is 7.95. The van der Waals surface area contributed by atoms with Crippen LogP contribution in [0.15, 0.2) is 30.3 Å². The molecule has 1 heterocycles. The van der Waals surface area contributed by atoms with Crippen LogP contribution in [0.25, 0.3) is 0 Å². The smallest absolute Gasteiger partial charge is 0.332 e. The van der Waals surface area contributed by atoms with Crippen LogP contribution < -0.4 is 10.6 Å². The Balaban J connectivity index is 2.29. The molecule has 8 nitrogen and oxygen atoms in total. The van der Waals surface area contributed by atoms with E-state index in [4.69, 9.17) is 10.5 Å². The number of nitrogens with zero attached hydrogens (tertiary/aromatic N) is 2. The van der Waals surface area contributed by atoms with Gasteiger partial charge in [-0.3, -0.25) is 14.5 Å². The molecule has 1 aliphatic rings. The molecule has 2 rings (SSSR count). The molecule has 1 aliphatic heterocycles. The number of carbonyl (C=O) groups is 3. The number of rotatable bonds is 8. The van der Waals surface area contributed by atoms with Crippen molar-refractivity contribution in [2.24, 2.45) is 5.73 Å². The second-order valence-electron chi connectivity index (χ2n) is 6.79. The quantitative estimate of drug-likeness (QED) is 0.658. The molecular weight excluding hydrogens is 362 g/mol. The fourth-order valence-corrected chi connectivity index (χ4v) is 3.65. The molecule has 0 atom stereocenters. The summed E-state index contributed by atoms with van der Waals surface area (Å²) in [6, 6.07) is 9.13.